The zero-order valence-corrected chi connectivity index (χ0v) is 10.7. The Morgan fingerprint density at radius 2 is 2.37 bits per heavy atom. The van der Waals surface area contributed by atoms with Crippen molar-refractivity contribution in [2.24, 2.45) is 0 Å². The van der Waals surface area contributed by atoms with E-state index in [0.29, 0.717) is 19.4 Å². The van der Waals surface area contributed by atoms with Gasteiger partial charge < -0.3 is 5.11 Å². The number of carbonyl (C=O) groups is 1. The Hall–Kier alpha value is -1.50. The third kappa shape index (κ3) is 2.34. The van der Waals surface area contributed by atoms with Gasteiger partial charge >= 0.3 is 12.5 Å². The van der Waals surface area contributed by atoms with E-state index in [1.807, 2.05) is 6.92 Å². The van der Waals surface area contributed by atoms with Crippen molar-refractivity contribution in [2.75, 3.05) is 6.54 Å². The lowest BCUT2D eigenvalue weighted by Gasteiger charge is -2.33. The van der Waals surface area contributed by atoms with Crippen LogP contribution in [0.3, 0.4) is 0 Å². The summed E-state index contributed by atoms with van der Waals surface area (Å²) in [7, 11) is 0. The minimum atomic E-state index is -2.65. The van der Waals surface area contributed by atoms with Gasteiger partial charge in [-0.15, -0.1) is 0 Å². The van der Waals surface area contributed by atoms with Crippen LogP contribution in [-0.4, -0.2) is 37.6 Å². The van der Waals surface area contributed by atoms with Gasteiger partial charge in [0.25, 0.3) is 0 Å². The van der Waals surface area contributed by atoms with E-state index in [1.165, 1.54) is 12.4 Å². The summed E-state index contributed by atoms with van der Waals surface area (Å²) in [4.78, 5) is 17.2. The molecule has 0 spiro atoms. The zero-order valence-electron chi connectivity index (χ0n) is 10.7. The SMILES string of the molecule is CCC1(C(=O)O)CCCN1Cc1nccn1C(F)F. The van der Waals surface area contributed by atoms with Crippen molar-refractivity contribution in [3.8, 4) is 0 Å². The molecule has 1 fully saturated rings. The van der Waals surface area contributed by atoms with Crippen LogP contribution in [0, 0.1) is 0 Å². The van der Waals surface area contributed by atoms with E-state index in [1.54, 1.807) is 4.90 Å². The van der Waals surface area contributed by atoms with Crippen molar-refractivity contribution in [3.63, 3.8) is 0 Å². The van der Waals surface area contributed by atoms with Crippen molar-refractivity contribution >= 4 is 5.97 Å². The quantitative estimate of drug-likeness (QED) is 0.892. The van der Waals surface area contributed by atoms with Gasteiger partial charge in [-0.3, -0.25) is 14.3 Å². The summed E-state index contributed by atoms with van der Waals surface area (Å²) in [5, 5.41) is 9.42. The highest BCUT2D eigenvalue weighted by Gasteiger charge is 2.46. The molecule has 1 aliphatic rings. The van der Waals surface area contributed by atoms with Crippen molar-refractivity contribution < 1.29 is 18.7 Å². The number of hydrogen-bond donors (Lipinski definition) is 1. The molecule has 1 N–H and O–H groups in total. The van der Waals surface area contributed by atoms with E-state index < -0.39 is 18.1 Å². The number of hydrogen-bond acceptors (Lipinski definition) is 3. The number of nitrogens with zero attached hydrogens (tertiary/aromatic N) is 3. The molecule has 0 aliphatic carbocycles. The average Bonchev–Trinajstić information content (AvgIpc) is 2.96. The van der Waals surface area contributed by atoms with Crippen LogP contribution in [-0.2, 0) is 11.3 Å². The van der Waals surface area contributed by atoms with Crippen molar-refractivity contribution in [3.05, 3.63) is 18.2 Å². The molecule has 0 amide bonds. The normalized spacial score (nSPS) is 24.2. The van der Waals surface area contributed by atoms with E-state index in [4.69, 9.17) is 0 Å². The lowest BCUT2D eigenvalue weighted by molar-refractivity contribution is -0.150. The number of carboxylic acids is 1. The summed E-state index contributed by atoms with van der Waals surface area (Å²) >= 11 is 0. The van der Waals surface area contributed by atoms with Crippen LogP contribution >= 0.6 is 0 Å². The molecule has 1 aromatic rings. The van der Waals surface area contributed by atoms with Gasteiger partial charge in [0, 0.05) is 12.4 Å². The van der Waals surface area contributed by atoms with Gasteiger partial charge in [0.15, 0.2) is 0 Å². The Balaban J connectivity index is 2.22. The minimum absolute atomic E-state index is 0.136. The molecular formula is C12H17F2N3O2. The molecule has 0 saturated carbocycles. The summed E-state index contributed by atoms with van der Waals surface area (Å²) in [5.41, 5.74) is -0.946. The molecule has 1 saturated heterocycles. The lowest BCUT2D eigenvalue weighted by atomic mass is 9.93. The molecule has 1 aliphatic heterocycles. The highest BCUT2D eigenvalue weighted by atomic mass is 19.3. The maximum absolute atomic E-state index is 12.8. The Labute approximate surface area is 109 Å². The molecule has 1 atom stereocenters. The number of aromatic nitrogens is 2. The fraction of sp³-hybridized carbons (Fsp3) is 0.667. The third-order valence-electron chi connectivity index (χ3n) is 3.90. The Bertz CT molecular complexity index is 464. The molecule has 0 bridgehead atoms. The highest BCUT2D eigenvalue weighted by molar-refractivity contribution is 5.79. The second kappa shape index (κ2) is 5.24. The molecule has 0 aromatic carbocycles. The fourth-order valence-electron chi connectivity index (χ4n) is 2.77. The topological polar surface area (TPSA) is 58.4 Å². The summed E-state index contributed by atoms with van der Waals surface area (Å²) < 4.78 is 26.3. The smallest absolute Gasteiger partial charge is 0.324 e. The monoisotopic (exact) mass is 273 g/mol. The van der Waals surface area contributed by atoms with Crippen LogP contribution in [0.5, 0.6) is 0 Å². The Morgan fingerprint density at radius 3 is 2.95 bits per heavy atom. The van der Waals surface area contributed by atoms with Crippen LogP contribution in [0.1, 0.15) is 38.6 Å². The van der Waals surface area contributed by atoms with Gasteiger partial charge in [-0.05, 0) is 25.8 Å². The molecule has 1 unspecified atom stereocenters. The van der Waals surface area contributed by atoms with Crippen LogP contribution in [0.4, 0.5) is 8.78 Å². The molecule has 7 heteroatoms. The number of halogens is 2. The first-order chi connectivity index (χ1) is 9.01. The number of aliphatic carboxylic acids is 1. The highest BCUT2D eigenvalue weighted by Crippen LogP contribution is 2.34. The number of likely N-dealkylation sites (tertiary alicyclic amines) is 1. The maximum atomic E-state index is 12.8. The Kier molecular flexibility index (Phi) is 3.84. The number of carboxylic acid groups (broad SMARTS) is 1. The van der Waals surface area contributed by atoms with Crippen molar-refractivity contribution in [1.82, 2.24) is 14.5 Å². The molecule has 106 valence electrons. The van der Waals surface area contributed by atoms with Gasteiger partial charge in [0.2, 0.25) is 0 Å². The number of rotatable bonds is 5. The summed E-state index contributed by atoms with van der Waals surface area (Å²) in [6.07, 6.45) is 4.29. The third-order valence-corrected chi connectivity index (χ3v) is 3.90. The lowest BCUT2D eigenvalue weighted by Crippen LogP contribution is -2.49. The predicted octanol–water partition coefficient (Wildman–Crippen LogP) is 2.11. The van der Waals surface area contributed by atoms with E-state index in [0.717, 1.165) is 11.0 Å². The van der Waals surface area contributed by atoms with Crippen LogP contribution in [0.2, 0.25) is 0 Å². The maximum Gasteiger partial charge on any atom is 0.324 e. The molecule has 19 heavy (non-hydrogen) atoms. The van der Waals surface area contributed by atoms with Gasteiger partial charge in [0.1, 0.15) is 11.4 Å². The molecule has 0 radical (unpaired) electrons. The first-order valence-electron chi connectivity index (χ1n) is 6.29. The first-order valence-corrected chi connectivity index (χ1v) is 6.29. The number of alkyl halides is 2. The van der Waals surface area contributed by atoms with Crippen LogP contribution in [0.15, 0.2) is 12.4 Å². The van der Waals surface area contributed by atoms with E-state index in [2.05, 4.69) is 4.98 Å². The van der Waals surface area contributed by atoms with Gasteiger partial charge in [-0.2, -0.15) is 8.78 Å². The summed E-state index contributed by atoms with van der Waals surface area (Å²) in [6, 6.07) is 0. The molecular weight excluding hydrogens is 256 g/mol. The van der Waals surface area contributed by atoms with Gasteiger partial charge in [-0.25, -0.2) is 4.98 Å². The Morgan fingerprint density at radius 1 is 1.63 bits per heavy atom. The van der Waals surface area contributed by atoms with Crippen LogP contribution < -0.4 is 0 Å². The second-order valence-corrected chi connectivity index (χ2v) is 4.74. The largest absolute Gasteiger partial charge is 0.480 e. The van der Waals surface area contributed by atoms with Gasteiger partial charge in [0.05, 0.1) is 6.54 Å². The summed E-state index contributed by atoms with van der Waals surface area (Å²) in [6.45, 7) is -0.110. The van der Waals surface area contributed by atoms with Gasteiger partial charge in [-0.1, -0.05) is 6.92 Å². The fourth-order valence-corrected chi connectivity index (χ4v) is 2.77. The molecule has 1 aromatic heterocycles. The minimum Gasteiger partial charge on any atom is -0.480 e. The number of imidazole rings is 1. The second-order valence-electron chi connectivity index (χ2n) is 4.74. The standard InChI is InChI=1S/C12H17F2N3O2/c1-2-12(10(18)19)4-3-6-16(12)8-9-15-5-7-17(9)11(13)14/h5,7,11H,2-4,6,8H2,1H3,(H,18,19). The van der Waals surface area contributed by atoms with Crippen molar-refractivity contribution in [2.45, 2.75) is 44.8 Å². The van der Waals surface area contributed by atoms with E-state index in [-0.39, 0.29) is 12.4 Å². The zero-order chi connectivity index (χ0) is 14.0. The van der Waals surface area contributed by atoms with Crippen LogP contribution in [0.25, 0.3) is 0 Å². The molecule has 2 heterocycles. The predicted molar refractivity (Wildman–Crippen MR) is 63.8 cm³/mol. The molecule has 5 nitrogen and oxygen atoms in total. The average molecular weight is 273 g/mol. The first kappa shape index (κ1) is 13.9. The van der Waals surface area contributed by atoms with E-state index >= 15 is 0 Å². The van der Waals surface area contributed by atoms with Crippen molar-refractivity contribution in [1.29, 1.82) is 0 Å². The summed E-state index contributed by atoms with van der Waals surface area (Å²) in [5.74, 6) is -0.682. The van der Waals surface area contributed by atoms with E-state index in [9.17, 15) is 18.7 Å². The molecule has 2 rings (SSSR count).